The minimum absolute atomic E-state index is 0.158. The van der Waals surface area contributed by atoms with Crippen molar-refractivity contribution in [3.05, 3.63) is 65.5 Å². The largest absolute Gasteiger partial charge is 0.496 e. The Balaban J connectivity index is 1.74. The van der Waals surface area contributed by atoms with Crippen molar-refractivity contribution in [1.82, 2.24) is 4.98 Å². The van der Waals surface area contributed by atoms with Crippen molar-refractivity contribution in [3.8, 4) is 28.4 Å². The number of ether oxygens (including phenoxy) is 3. The van der Waals surface area contributed by atoms with Crippen LogP contribution in [0.5, 0.6) is 17.2 Å². The molecule has 1 aliphatic rings. The molecule has 0 aliphatic heterocycles. The Hall–Kier alpha value is -3.54. The molecule has 1 aliphatic carbocycles. The number of hydrogen-bond acceptors (Lipinski definition) is 6. The van der Waals surface area contributed by atoms with Gasteiger partial charge in [-0.05, 0) is 18.2 Å². The summed E-state index contributed by atoms with van der Waals surface area (Å²) in [4.78, 5) is 17.3. The maximum atomic E-state index is 13.0. The first kappa shape index (κ1) is 17.9. The van der Waals surface area contributed by atoms with Crippen molar-refractivity contribution in [2.24, 2.45) is 0 Å². The van der Waals surface area contributed by atoms with E-state index in [1.54, 1.807) is 31.5 Å². The molecule has 0 amide bonds. The van der Waals surface area contributed by atoms with Gasteiger partial charge < -0.3 is 19.9 Å². The first-order valence-electron chi connectivity index (χ1n) is 8.91. The molecule has 0 saturated heterocycles. The second-order valence-corrected chi connectivity index (χ2v) is 6.37. The lowest BCUT2D eigenvalue weighted by Crippen LogP contribution is -2.04. The zero-order valence-electron chi connectivity index (χ0n) is 15.7. The molecule has 142 valence electrons. The number of benzene rings is 2. The monoisotopic (exact) mass is 376 g/mol. The summed E-state index contributed by atoms with van der Waals surface area (Å²) in [6.45, 7) is 0.435. The number of ketones is 1. The van der Waals surface area contributed by atoms with Crippen LogP contribution in [0.15, 0.2) is 48.7 Å². The van der Waals surface area contributed by atoms with E-state index in [4.69, 9.17) is 19.9 Å². The van der Waals surface area contributed by atoms with Gasteiger partial charge in [-0.1, -0.05) is 18.2 Å². The van der Waals surface area contributed by atoms with Crippen molar-refractivity contribution in [2.45, 2.75) is 6.42 Å². The van der Waals surface area contributed by atoms with Crippen molar-refractivity contribution in [2.75, 3.05) is 26.6 Å². The summed E-state index contributed by atoms with van der Waals surface area (Å²) in [5.74, 6) is 1.39. The predicted molar refractivity (Wildman–Crippen MR) is 106 cm³/mol. The number of anilines is 1. The second kappa shape index (κ2) is 7.23. The Labute approximate surface area is 162 Å². The number of rotatable bonds is 6. The van der Waals surface area contributed by atoms with Crippen LogP contribution in [0, 0.1) is 0 Å². The van der Waals surface area contributed by atoms with E-state index in [-0.39, 0.29) is 5.78 Å². The van der Waals surface area contributed by atoms with Crippen LogP contribution in [0.4, 0.5) is 5.69 Å². The highest BCUT2D eigenvalue weighted by atomic mass is 16.5. The number of pyridine rings is 1. The normalized spacial score (nSPS) is 11.7. The smallest absolute Gasteiger partial charge is 0.196 e. The molecule has 0 saturated carbocycles. The third-order valence-corrected chi connectivity index (χ3v) is 4.82. The fraction of sp³-hybridized carbons (Fsp3) is 0.182. The predicted octanol–water partition coefficient (Wildman–Crippen LogP) is 3.51. The fourth-order valence-electron chi connectivity index (χ4n) is 3.51. The molecule has 0 spiro atoms. The van der Waals surface area contributed by atoms with E-state index >= 15 is 0 Å². The van der Waals surface area contributed by atoms with E-state index < -0.39 is 0 Å². The molecule has 2 aromatic carbocycles. The van der Waals surface area contributed by atoms with Gasteiger partial charge in [0, 0.05) is 41.1 Å². The van der Waals surface area contributed by atoms with Gasteiger partial charge in [-0.3, -0.25) is 9.78 Å². The van der Waals surface area contributed by atoms with Gasteiger partial charge in [0.25, 0.3) is 0 Å². The summed E-state index contributed by atoms with van der Waals surface area (Å²) in [6, 6.07) is 12.9. The SMILES string of the molecule is COc1cc(OC)c2c(c1N)C(=O)c1cccc(OCCc3ccccn3)c1-2. The summed E-state index contributed by atoms with van der Waals surface area (Å²) in [6.07, 6.45) is 2.42. The number of methoxy groups -OCH3 is 2. The number of nitrogens with zero attached hydrogens (tertiary/aromatic N) is 1. The number of aromatic nitrogens is 1. The van der Waals surface area contributed by atoms with Gasteiger partial charge in [-0.15, -0.1) is 0 Å². The fourth-order valence-corrected chi connectivity index (χ4v) is 3.51. The zero-order valence-corrected chi connectivity index (χ0v) is 15.7. The second-order valence-electron chi connectivity index (χ2n) is 6.37. The molecule has 0 bridgehead atoms. The quantitative estimate of drug-likeness (QED) is 0.519. The molecule has 4 rings (SSSR count). The Morgan fingerprint density at radius 1 is 0.929 bits per heavy atom. The van der Waals surface area contributed by atoms with Gasteiger partial charge in [0.1, 0.15) is 17.2 Å². The van der Waals surface area contributed by atoms with Crippen molar-refractivity contribution in [3.63, 3.8) is 0 Å². The van der Waals surface area contributed by atoms with E-state index in [1.807, 2.05) is 24.3 Å². The van der Waals surface area contributed by atoms with E-state index in [1.165, 1.54) is 7.11 Å². The lowest BCUT2D eigenvalue weighted by Gasteiger charge is -2.15. The minimum atomic E-state index is -0.158. The third kappa shape index (κ3) is 2.83. The number of fused-ring (bicyclic) bond motifs is 3. The lowest BCUT2D eigenvalue weighted by atomic mass is 10.0. The summed E-state index contributed by atoms with van der Waals surface area (Å²) >= 11 is 0. The van der Waals surface area contributed by atoms with Crippen LogP contribution in [0.1, 0.15) is 21.6 Å². The molecule has 1 heterocycles. The number of hydrogen-bond donors (Lipinski definition) is 1. The Bertz CT molecular complexity index is 1050. The van der Waals surface area contributed by atoms with E-state index in [0.717, 1.165) is 5.69 Å². The zero-order chi connectivity index (χ0) is 19.7. The van der Waals surface area contributed by atoms with Crippen LogP contribution in [0.25, 0.3) is 11.1 Å². The third-order valence-electron chi connectivity index (χ3n) is 4.82. The molecule has 6 nitrogen and oxygen atoms in total. The van der Waals surface area contributed by atoms with Crippen LogP contribution in [0.3, 0.4) is 0 Å². The van der Waals surface area contributed by atoms with Crippen LogP contribution >= 0.6 is 0 Å². The highest BCUT2D eigenvalue weighted by Crippen LogP contribution is 2.51. The van der Waals surface area contributed by atoms with Crippen LogP contribution < -0.4 is 19.9 Å². The molecule has 0 unspecified atom stereocenters. The van der Waals surface area contributed by atoms with Crippen LogP contribution in [-0.2, 0) is 6.42 Å². The first-order chi connectivity index (χ1) is 13.7. The molecule has 0 atom stereocenters. The minimum Gasteiger partial charge on any atom is -0.496 e. The number of nitrogen functional groups attached to an aromatic ring is 1. The van der Waals surface area contributed by atoms with Crippen LogP contribution in [0.2, 0.25) is 0 Å². The summed E-state index contributed by atoms with van der Waals surface area (Å²) in [5.41, 5.74) is 9.75. The van der Waals surface area contributed by atoms with Crippen molar-refractivity contribution in [1.29, 1.82) is 0 Å². The molecular formula is C22H20N2O4. The van der Waals surface area contributed by atoms with Gasteiger partial charge in [0.05, 0.1) is 32.1 Å². The van der Waals surface area contributed by atoms with Gasteiger partial charge in [-0.2, -0.15) is 0 Å². The molecule has 3 aromatic rings. The van der Waals surface area contributed by atoms with E-state index in [0.29, 0.717) is 58.2 Å². The first-order valence-corrected chi connectivity index (χ1v) is 8.91. The Morgan fingerprint density at radius 2 is 1.75 bits per heavy atom. The summed E-state index contributed by atoms with van der Waals surface area (Å²) < 4.78 is 16.9. The molecule has 1 aromatic heterocycles. The van der Waals surface area contributed by atoms with Gasteiger partial charge >= 0.3 is 0 Å². The standard InChI is InChI=1S/C22H20N2O4/c1-26-16-12-17(27-2)21(23)20-19(16)18-14(22(20)25)7-5-8-15(18)28-11-9-13-6-3-4-10-24-13/h3-8,10,12H,9,11,23H2,1-2H3. The van der Waals surface area contributed by atoms with E-state index in [9.17, 15) is 4.79 Å². The molecular weight excluding hydrogens is 356 g/mol. The number of carbonyl (C=O) groups is 1. The maximum absolute atomic E-state index is 13.0. The van der Waals surface area contributed by atoms with Gasteiger partial charge in [-0.25, -0.2) is 0 Å². The summed E-state index contributed by atoms with van der Waals surface area (Å²) in [7, 11) is 3.06. The van der Waals surface area contributed by atoms with Crippen molar-refractivity contribution < 1.29 is 19.0 Å². The van der Waals surface area contributed by atoms with Gasteiger partial charge in [0.15, 0.2) is 5.78 Å². The Kier molecular flexibility index (Phi) is 4.61. The van der Waals surface area contributed by atoms with Gasteiger partial charge in [0.2, 0.25) is 0 Å². The number of nitrogens with two attached hydrogens (primary N) is 1. The lowest BCUT2D eigenvalue weighted by molar-refractivity contribution is 0.104. The van der Waals surface area contributed by atoms with Crippen molar-refractivity contribution >= 4 is 11.5 Å². The molecule has 2 N–H and O–H groups in total. The topological polar surface area (TPSA) is 83.7 Å². The average molecular weight is 376 g/mol. The highest BCUT2D eigenvalue weighted by molar-refractivity contribution is 6.26. The maximum Gasteiger partial charge on any atom is 0.196 e. The Morgan fingerprint density at radius 3 is 2.46 bits per heavy atom. The molecule has 28 heavy (non-hydrogen) atoms. The summed E-state index contributed by atoms with van der Waals surface area (Å²) in [5, 5.41) is 0. The average Bonchev–Trinajstić information content (AvgIpc) is 3.03. The molecule has 0 fully saturated rings. The highest BCUT2D eigenvalue weighted by Gasteiger charge is 2.35. The molecule has 0 radical (unpaired) electrons. The van der Waals surface area contributed by atoms with Crippen LogP contribution in [-0.4, -0.2) is 31.6 Å². The number of carbonyl (C=O) groups excluding carboxylic acids is 1. The molecule has 6 heteroatoms. The van der Waals surface area contributed by atoms with E-state index in [2.05, 4.69) is 4.98 Å².